The van der Waals surface area contributed by atoms with Crippen LogP contribution in [0.3, 0.4) is 0 Å². The molecule has 2 nitrogen and oxygen atoms in total. The highest BCUT2D eigenvalue weighted by Gasteiger charge is 2.14. The Bertz CT molecular complexity index is 475. The van der Waals surface area contributed by atoms with Crippen molar-refractivity contribution in [3.05, 3.63) is 60.2 Å². The number of hydrogen-bond acceptors (Lipinski definition) is 2. The third-order valence-electron chi connectivity index (χ3n) is 3.47. The summed E-state index contributed by atoms with van der Waals surface area (Å²) in [5.74, 6) is 0. The van der Waals surface area contributed by atoms with Crippen molar-refractivity contribution >= 4 is 17.2 Å². The van der Waals surface area contributed by atoms with E-state index in [1.165, 1.54) is 12.0 Å². The van der Waals surface area contributed by atoms with Gasteiger partial charge in [-0.1, -0.05) is 60.8 Å². The van der Waals surface area contributed by atoms with Gasteiger partial charge in [0.05, 0.1) is 11.1 Å². The van der Waals surface area contributed by atoms with Crippen molar-refractivity contribution in [2.24, 2.45) is 0 Å². The highest BCUT2D eigenvalue weighted by molar-refractivity contribution is 7.80. The van der Waals surface area contributed by atoms with Gasteiger partial charge in [-0.05, 0) is 37.3 Å². The molecule has 21 heavy (non-hydrogen) atoms. The van der Waals surface area contributed by atoms with Crippen LogP contribution < -0.4 is 5.32 Å². The number of hydrogen-bond donors (Lipinski definition) is 1. The van der Waals surface area contributed by atoms with Crippen molar-refractivity contribution in [2.45, 2.75) is 31.8 Å². The van der Waals surface area contributed by atoms with Crippen molar-refractivity contribution in [1.29, 1.82) is 0 Å². The maximum absolute atomic E-state index is 5.54. The number of nitrogens with one attached hydrogen (secondary N) is 1. The topological polar surface area (TPSA) is 21.3 Å². The van der Waals surface area contributed by atoms with Gasteiger partial charge in [-0.3, -0.25) is 0 Å². The van der Waals surface area contributed by atoms with Gasteiger partial charge in [0.15, 0.2) is 0 Å². The second-order valence-electron chi connectivity index (χ2n) is 5.19. The summed E-state index contributed by atoms with van der Waals surface area (Å²) in [5.41, 5.74) is 1.37. The molecular weight excluding hydrogens is 278 g/mol. The molecule has 1 unspecified atom stereocenters. The third kappa shape index (κ3) is 6.69. The first-order valence-electron chi connectivity index (χ1n) is 7.61. The van der Waals surface area contributed by atoms with Crippen molar-refractivity contribution in [2.75, 3.05) is 13.2 Å². The summed E-state index contributed by atoms with van der Waals surface area (Å²) in [5, 5.41) is 3.23. The van der Waals surface area contributed by atoms with Gasteiger partial charge in [-0.2, -0.15) is 0 Å². The lowest BCUT2D eigenvalue weighted by molar-refractivity contribution is 0.114. The first-order chi connectivity index (χ1) is 10.3. The van der Waals surface area contributed by atoms with Crippen molar-refractivity contribution in [3.8, 4) is 0 Å². The minimum Gasteiger partial charge on any atom is -0.376 e. The average molecular weight is 301 g/mol. The van der Waals surface area contributed by atoms with Gasteiger partial charge in [0, 0.05) is 13.2 Å². The fraction of sp³-hybridized carbons (Fsp3) is 0.389. The fourth-order valence-corrected chi connectivity index (χ4v) is 2.45. The van der Waals surface area contributed by atoms with Crippen LogP contribution in [0.25, 0.3) is 0 Å². The lowest BCUT2D eigenvalue weighted by Gasteiger charge is -2.10. The first-order valence-corrected chi connectivity index (χ1v) is 8.02. The van der Waals surface area contributed by atoms with Crippen LogP contribution in [0.1, 0.15) is 24.8 Å². The molecule has 1 N–H and O–H groups in total. The van der Waals surface area contributed by atoms with Gasteiger partial charge in [0.2, 0.25) is 0 Å². The SMILES string of the molecule is S=C(/C=C/C=C/CCc1ccccc1)NCC1CCCO1. The predicted octanol–water partition coefficient (Wildman–Crippen LogP) is 3.83. The number of ether oxygens (including phenoxy) is 1. The Kier molecular flexibility index (Phi) is 7.19. The van der Waals surface area contributed by atoms with Crippen LogP contribution in [-0.4, -0.2) is 24.2 Å². The Morgan fingerprint density at radius 1 is 1.29 bits per heavy atom. The van der Waals surface area contributed by atoms with Crippen molar-refractivity contribution < 1.29 is 4.74 Å². The van der Waals surface area contributed by atoms with Crippen molar-refractivity contribution in [3.63, 3.8) is 0 Å². The molecule has 1 aromatic carbocycles. The van der Waals surface area contributed by atoms with Gasteiger partial charge in [-0.25, -0.2) is 0 Å². The molecule has 0 spiro atoms. The largest absolute Gasteiger partial charge is 0.376 e. The predicted molar refractivity (Wildman–Crippen MR) is 92.6 cm³/mol. The van der Waals surface area contributed by atoms with E-state index in [2.05, 4.69) is 41.7 Å². The Hall–Kier alpha value is -1.45. The van der Waals surface area contributed by atoms with E-state index in [0.29, 0.717) is 6.10 Å². The lowest BCUT2D eigenvalue weighted by atomic mass is 10.1. The molecule has 112 valence electrons. The summed E-state index contributed by atoms with van der Waals surface area (Å²) in [4.78, 5) is 0.776. The minimum atomic E-state index is 0.331. The van der Waals surface area contributed by atoms with Crippen LogP contribution in [0.15, 0.2) is 54.6 Å². The van der Waals surface area contributed by atoms with Crippen LogP contribution in [0.2, 0.25) is 0 Å². The molecule has 1 fully saturated rings. The van der Waals surface area contributed by atoms with Crippen LogP contribution in [0.4, 0.5) is 0 Å². The lowest BCUT2D eigenvalue weighted by Crippen LogP contribution is -2.29. The molecule has 1 saturated heterocycles. The molecule has 0 bridgehead atoms. The first kappa shape index (κ1) is 15.9. The average Bonchev–Trinajstić information content (AvgIpc) is 3.03. The number of aryl methyl sites for hydroxylation is 1. The Balaban J connectivity index is 1.58. The van der Waals surface area contributed by atoms with Crippen LogP contribution in [-0.2, 0) is 11.2 Å². The Morgan fingerprint density at radius 2 is 2.14 bits per heavy atom. The summed E-state index contributed by atoms with van der Waals surface area (Å²) in [6.45, 7) is 1.71. The van der Waals surface area contributed by atoms with Crippen LogP contribution in [0.5, 0.6) is 0 Å². The second kappa shape index (κ2) is 9.48. The monoisotopic (exact) mass is 301 g/mol. The summed E-state index contributed by atoms with van der Waals surface area (Å²) in [7, 11) is 0. The molecule has 1 heterocycles. The molecule has 0 radical (unpaired) electrons. The number of rotatable bonds is 7. The van der Waals surface area contributed by atoms with E-state index < -0.39 is 0 Å². The summed E-state index contributed by atoms with van der Waals surface area (Å²) < 4.78 is 5.54. The van der Waals surface area contributed by atoms with Gasteiger partial charge in [0.25, 0.3) is 0 Å². The zero-order valence-electron chi connectivity index (χ0n) is 12.3. The van der Waals surface area contributed by atoms with E-state index in [0.717, 1.165) is 37.4 Å². The van der Waals surface area contributed by atoms with E-state index in [-0.39, 0.29) is 0 Å². The smallest absolute Gasteiger partial charge is 0.0988 e. The quantitative estimate of drug-likeness (QED) is 0.470. The molecule has 3 heteroatoms. The molecule has 0 aromatic heterocycles. The molecule has 1 atom stereocenters. The highest BCUT2D eigenvalue weighted by atomic mass is 32.1. The molecule has 0 saturated carbocycles. The molecule has 0 aliphatic carbocycles. The summed E-state index contributed by atoms with van der Waals surface area (Å²) >= 11 is 5.26. The molecule has 1 aliphatic heterocycles. The third-order valence-corrected chi connectivity index (χ3v) is 3.75. The van der Waals surface area contributed by atoms with Gasteiger partial charge in [-0.15, -0.1) is 0 Å². The maximum Gasteiger partial charge on any atom is 0.0988 e. The number of benzene rings is 1. The molecular formula is C18H23NOS. The van der Waals surface area contributed by atoms with Gasteiger partial charge < -0.3 is 10.1 Å². The number of allylic oxidation sites excluding steroid dienone is 3. The summed E-state index contributed by atoms with van der Waals surface area (Å²) in [6.07, 6.45) is 12.9. The second-order valence-corrected chi connectivity index (χ2v) is 5.63. The standard InChI is InChI=1S/C18H23NOS/c21-18(19-15-17-12-8-14-20-17)13-7-2-1-4-9-16-10-5-3-6-11-16/h1-3,5-7,10-11,13,17H,4,8-9,12,14-15H2,(H,19,21)/b2-1+,13-7+. The molecule has 2 rings (SSSR count). The zero-order valence-corrected chi connectivity index (χ0v) is 13.1. The van der Waals surface area contributed by atoms with E-state index in [4.69, 9.17) is 17.0 Å². The maximum atomic E-state index is 5.54. The van der Waals surface area contributed by atoms with Gasteiger partial charge in [0.1, 0.15) is 0 Å². The highest BCUT2D eigenvalue weighted by Crippen LogP contribution is 2.10. The minimum absolute atomic E-state index is 0.331. The summed E-state index contributed by atoms with van der Waals surface area (Å²) in [6, 6.07) is 10.5. The zero-order chi connectivity index (χ0) is 14.8. The Morgan fingerprint density at radius 3 is 2.90 bits per heavy atom. The van der Waals surface area contributed by atoms with Gasteiger partial charge >= 0.3 is 0 Å². The van der Waals surface area contributed by atoms with E-state index >= 15 is 0 Å². The van der Waals surface area contributed by atoms with E-state index in [9.17, 15) is 0 Å². The van der Waals surface area contributed by atoms with Crippen molar-refractivity contribution in [1.82, 2.24) is 5.32 Å². The van der Waals surface area contributed by atoms with Crippen LogP contribution >= 0.6 is 12.2 Å². The van der Waals surface area contributed by atoms with E-state index in [1.54, 1.807) is 0 Å². The molecule has 1 aliphatic rings. The van der Waals surface area contributed by atoms with E-state index in [1.807, 2.05) is 18.2 Å². The molecule has 1 aromatic rings. The fourth-order valence-electron chi connectivity index (χ4n) is 2.29. The van der Waals surface area contributed by atoms with Crippen LogP contribution in [0, 0.1) is 0 Å². The number of thiocarbonyl (C=S) groups is 1. The normalized spacial score (nSPS) is 18.6. The Labute approximate surface area is 132 Å². The molecule has 0 amide bonds.